The molecule has 21 heavy (non-hydrogen) atoms. The molecule has 2 aromatic rings. The van der Waals surface area contributed by atoms with E-state index < -0.39 is 0 Å². The summed E-state index contributed by atoms with van der Waals surface area (Å²) in [4.78, 5) is 12.4. The van der Waals surface area contributed by atoms with Gasteiger partial charge in [0.05, 0.1) is 5.92 Å². The van der Waals surface area contributed by atoms with Crippen molar-refractivity contribution in [3.05, 3.63) is 59.7 Å². The number of carbonyl (C=O) groups is 1. The summed E-state index contributed by atoms with van der Waals surface area (Å²) in [5.74, 6) is 0.0652. The number of para-hydroxylation sites is 1. The fourth-order valence-electron chi connectivity index (χ4n) is 2.74. The number of amides is 1. The van der Waals surface area contributed by atoms with Crippen molar-refractivity contribution >= 4 is 17.3 Å². The topological polar surface area (TPSA) is 41.1 Å². The highest BCUT2D eigenvalue weighted by atomic mass is 16.1. The highest BCUT2D eigenvalue weighted by Crippen LogP contribution is 2.25. The first-order valence-corrected chi connectivity index (χ1v) is 7.48. The first-order chi connectivity index (χ1) is 10.3. The molecule has 1 heterocycles. The standard InChI is InChI=1S/C18H20N2O/c1-2-13-6-5-8-16(10-13)20-18(21)15-11-14-7-3-4-9-17(14)19-12-15/h3-10,15,19H,2,11-12H2,1H3,(H,20,21). The second kappa shape index (κ2) is 6.00. The molecule has 1 aliphatic heterocycles. The van der Waals surface area contributed by atoms with E-state index >= 15 is 0 Å². The van der Waals surface area contributed by atoms with E-state index in [-0.39, 0.29) is 11.8 Å². The van der Waals surface area contributed by atoms with Gasteiger partial charge in [0.25, 0.3) is 0 Å². The fraction of sp³-hybridized carbons (Fsp3) is 0.278. The van der Waals surface area contributed by atoms with Crippen LogP contribution in [0.4, 0.5) is 11.4 Å². The Morgan fingerprint density at radius 1 is 1.24 bits per heavy atom. The second-order valence-corrected chi connectivity index (χ2v) is 5.48. The molecule has 1 amide bonds. The van der Waals surface area contributed by atoms with Crippen molar-refractivity contribution in [3.63, 3.8) is 0 Å². The number of nitrogens with one attached hydrogen (secondary N) is 2. The Bertz CT molecular complexity index is 651. The molecule has 0 radical (unpaired) electrons. The number of benzene rings is 2. The maximum absolute atomic E-state index is 12.4. The van der Waals surface area contributed by atoms with Crippen LogP contribution in [0.25, 0.3) is 0 Å². The number of hydrogen-bond acceptors (Lipinski definition) is 2. The van der Waals surface area contributed by atoms with E-state index in [4.69, 9.17) is 0 Å². The number of rotatable bonds is 3. The first kappa shape index (κ1) is 13.7. The predicted molar refractivity (Wildman–Crippen MR) is 86.6 cm³/mol. The first-order valence-electron chi connectivity index (χ1n) is 7.48. The summed E-state index contributed by atoms with van der Waals surface area (Å²) in [6.07, 6.45) is 1.77. The Morgan fingerprint density at radius 3 is 2.95 bits per heavy atom. The van der Waals surface area contributed by atoms with Crippen molar-refractivity contribution < 1.29 is 4.79 Å². The molecule has 0 saturated heterocycles. The van der Waals surface area contributed by atoms with Crippen molar-refractivity contribution in [1.82, 2.24) is 0 Å². The molecule has 3 rings (SSSR count). The maximum Gasteiger partial charge on any atom is 0.229 e. The third-order valence-corrected chi connectivity index (χ3v) is 4.00. The van der Waals surface area contributed by atoms with Crippen LogP contribution in [0.2, 0.25) is 0 Å². The van der Waals surface area contributed by atoms with Crippen molar-refractivity contribution in [1.29, 1.82) is 0 Å². The van der Waals surface area contributed by atoms with Crippen LogP contribution in [0.15, 0.2) is 48.5 Å². The van der Waals surface area contributed by atoms with Gasteiger partial charge in [-0.1, -0.05) is 37.3 Å². The molecule has 0 aliphatic carbocycles. The summed E-state index contributed by atoms with van der Waals surface area (Å²) in [7, 11) is 0. The van der Waals surface area contributed by atoms with Gasteiger partial charge >= 0.3 is 0 Å². The molecule has 1 atom stereocenters. The van der Waals surface area contributed by atoms with E-state index in [0.717, 1.165) is 24.2 Å². The van der Waals surface area contributed by atoms with Crippen LogP contribution in [0.3, 0.4) is 0 Å². The zero-order valence-corrected chi connectivity index (χ0v) is 12.2. The van der Waals surface area contributed by atoms with Gasteiger partial charge in [-0.3, -0.25) is 4.79 Å². The average Bonchev–Trinajstić information content (AvgIpc) is 2.54. The van der Waals surface area contributed by atoms with Crippen LogP contribution in [-0.2, 0) is 17.6 Å². The average molecular weight is 280 g/mol. The molecular formula is C18H20N2O. The quantitative estimate of drug-likeness (QED) is 0.904. The molecular weight excluding hydrogens is 260 g/mol. The summed E-state index contributed by atoms with van der Waals surface area (Å²) in [5.41, 5.74) is 4.49. The van der Waals surface area contributed by atoms with E-state index in [1.807, 2.05) is 30.3 Å². The van der Waals surface area contributed by atoms with Gasteiger partial charge in [0, 0.05) is 17.9 Å². The lowest BCUT2D eigenvalue weighted by Crippen LogP contribution is -2.33. The molecule has 0 fully saturated rings. The Kier molecular flexibility index (Phi) is 3.91. The zero-order chi connectivity index (χ0) is 14.7. The second-order valence-electron chi connectivity index (χ2n) is 5.48. The Hall–Kier alpha value is -2.29. The lowest BCUT2D eigenvalue weighted by molar-refractivity contribution is -0.119. The van der Waals surface area contributed by atoms with Crippen LogP contribution in [0.5, 0.6) is 0 Å². The minimum absolute atomic E-state index is 0.0230. The molecule has 3 nitrogen and oxygen atoms in total. The van der Waals surface area contributed by atoms with E-state index in [9.17, 15) is 4.79 Å². The molecule has 1 unspecified atom stereocenters. The lowest BCUT2D eigenvalue weighted by atomic mass is 9.93. The van der Waals surface area contributed by atoms with Crippen LogP contribution in [0, 0.1) is 5.92 Å². The van der Waals surface area contributed by atoms with Gasteiger partial charge in [-0.2, -0.15) is 0 Å². The van der Waals surface area contributed by atoms with E-state index in [2.05, 4.69) is 35.8 Å². The third-order valence-electron chi connectivity index (χ3n) is 4.00. The number of hydrogen-bond donors (Lipinski definition) is 2. The summed E-state index contributed by atoms with van der Waals surface area (Å²) in [6.45, 7) is 2.80. The molecule has 2 N–H and O–H groups in total. The minimum Gasteiger partial charge on any atom is -0.384 e. The summed E-state index contributed by atoms with van der Waals surface area (Å²) >= 11 is 0. The van der Waals surface area contributed by atoms with Crippen molar-refractivity contribution in [3.8, 4) is 0 Å². The maximum atomic E-state index is 12.4. The van der Waals surface area contributed by atoms with Crippen molar-refractivity contribution in [2.45, 2.75) is 19.8 Å². The largest absolute Gasteiger partial charge is 0.384 e. The number of aryl methyl sites for hydroxylation is 1. The summed E-state index contributed by atoms with van der Waals surface area (Å²) in [5, 5.41) is 6.38. The highest BCUT2D eigenvalue weighted by molar-refractivity contribution is 5.93. The van der Waals surface area contributed by atoms with E-state index in [1.165, 1.54) is 11.1 Å². The van der Waals surface area contributed by atoms with Gasteiger partial charge in [0.2, 0.25) is 5.91 Å². The van der Waals surface area contributed by atoms with Gasteiger partial charge < -0.3 is 10.6 Å². The fourth-order valence-corrected chi connectivity index (χ4v) is 2.74. The van der Waals surface area contributed by atoms with Gasteiger partial charge in [0.15, 0.2) is 0 Å². The predicted octanol–water partition coefficient (Wildman–Crippen LogP) is 3.47. The highest BCUT2D eigenvalue weighted by Gasteiger charge is 2.24. The summed E-state index contributed by atoms with van der Waals surface area (Å²) < 4.78 is 0. The lowest BCUT2D eigenvalue weighted by Gasteiger charge is -2.25. The van der Waals surface area contributed by atoms with E-state index in [1.54, 1.807) is 0 Å². The molecule has 3 heteroatoms. The Balaban J connectivity index is 1.69. The molecule has 0 bridgehead atoms. The Labute approximate surface area is 125 Å². The van der Waals surface area contributed by atoms with Gasteiger partial charge in [0.1, 0.15) is 0 Å². The van der Waals surface area contributed by atoms with Crippen molar-refractivity contribution in [2.75, 3.05) is 17.2 Å². The number of anilines is 2. The van der Waals surface area contributed by atoms with Gasteiger partial charge in [-0.25, -0.2) is 0 Å². The van der Waals surface area contributed by atoms with Gasteiger partial charge in [-0.15, -0.1) is 0 Å². The molecule has 0 spiro atoms. The van der Waals surface area contributed by atoms with Gasteiger partial charge in [-0.05, 0) is 42.2 Å². The number of carbonyl (C=O) groups excluding carboxylic acids is 1. The van der Waals surface area contributed by atoms with Crippen LogP contribution in [-0.4, -0.2) is 12.5 Å². The molecule has 108 valence electrons. The number of fused-ring (bicyclic) bond motifs is 1. The molecule has 2 aromatic carbocycles. The normalized spacial score (nSPS) is 16.7. The zero-order valence-electron chi connectivity index (χ0n) is 12.2. The smallest absolute Gasteiger partial charge is 0.229 e. The Morgan fingerprint density at radius 2 is 2.10 bits per heavy atom. The molecule has 0 aromatic heterocycles. The molecule has 1 aliphatic rings. The van der Waals surface area contributed by atoms with Crippen molar-refractivity contribution in [2.24, 2.45) is 5.92 Å². The monoisotopic (exact) mass is 280 g/mol. The van der Waals surface area contributed by atoms with Crippen LogP contribution in [0.1, 0.15) is 18.1 Å². The third kappa shape index (κ3) is 3.07. The summed E-state index contributed by atoms with van der Waals surface area (Å²) in [6, 6.07) is 16.2. The SMILES string of the molecule is CCc1cccc(NC(=O)C2CNc3ccccc3C2)c1. The van der Waals surface area contributed by atoms with Crippen LogP contribution >= 0.6 is 0 Å². The van der Waals surface area contributed by atoms with Crippen LogP contribution < -0.4 is 10.6 Å². The minimum atomic E-state index is -0.0230. The molecule has 0 saturated carbocycles. The van der Waals surface area contributed by atoms with E-state index in [0.29, 0.717) is 6.54 Å².